The van der Waals surface area contributed by atoms with Gasteiger partial charge in [-0.15, -0.1) is 0 Å². The minimum absolute atomic E-state index is 0.155. The van der Waals surface area contributed by atoms with Gasteiger partial charge in [0.25, 0.3) is 5.56 Å². The molecule has 0 amide bonds. The lowest BCUT2D eigenvalue weighted by atomic mass is 10.0. The SMILES string of the molecule is O=C(c1cc(F)cc(F)c1)c1ccc[nH]c1=O. The fraction of sp³-hybridized carbons (Fsp3) is 0. The van der Waals surface area contributed by atoms with E-state index in [1.54, 1.807) is 0 Å². The molecule has 86 valence electrons. The monoisotopic (exact) mass is 235 g/mol. The molecule has 0 atom stereocenters. The highest BCUT2D eigenvalue weighted by Crippen LogP contribution is 2.11. The number of carbonyl (C=O) groups excluding carboxylic acids is 1. The van der Waals surface area contributed by atoms with Crippen LogP contribution in [0.25, 0.3) is 0 Å². The summed E-state index contributed by atoms with van der Waals surface area (Å²) in [4.78, 5) is 25.5. The number of aromatic amines is 1. The van der Waals surface area contributed by atoms with Gasteiger partial charge in [0.15, 0.2) is 5.78 Å². The molecule has 2 aromatic rings. The van der Waals surface area contributed by atoms with E-state index in [0.717, 1.165) is 12.1 Å². The van der Waals surface area contributed by atoms with Gasteiger partial charge in [0.05, 0.1) is 5.56 Å². The Morgan fingerprint density at radius 1 is 1.12 bits per heavy atom. The van der Waals surface area contributed by atoms with E-state index in [9.17, 15) is 18.4 Å². The summed E-state index contributed by atoms with van der Waals surface area (Å²) in [7, 11) is 0. The topological polar surface area (TPSA) is 49.9 Å². The van der Waals surface area contributed by atoms with Crippen LogP contribution in [0.15, 0.2) is 41.3 Å². The maximum atomic E-state index is 12.9. The van der Waals surface area contributed by atoms with Crippen molar-refractivity contribution >= 4 is 5.78 Å². The minimum atomic E-state index is -0.860. The van der Waals surface area contributed by atoms with Crippen LogP contribution in [0.4, 0.5) is 8.78 Å². The highest BCUT2D eigenvalue weighted by Gasteiger charge is 2.14. The highest BCUT2D eigenvalue weighted by molar-refractivity contribution is 6.08. The number of halogens is 2. The molecule has 0 aliphatic heterocycles. The summed E-state index contributed by atoms with van der Waals surface area (Å²) in [5, 5.41) is 0. The molecule has 0 fully saturated rings. The Kier molecular flexibility index (Phi) is 2.82. The van der Waals surface area contributed by atoms with Crippen LogP contribution in [-0.2, 0) is 0 Å². The first-order valence-electron chi connectivity index (χ1n) is 4.76. The Labute approximate surface area is 94.7 Å². The largest absolute Gasteiger partial charge is 0.328 e. The molecule has 1 aromatic heterocycles. The van der Waals surface area contributed by atoms with Gasteiger partial charge in [-0.2, -0.15) is 0 Å². The predicted molar refractivity (Wildman–Crippen MR) is 56.9 cm³/mol. The lowest BCUT2D eigenvalue weighted by Crippen LogP contribution is -2.17. The Bertz CT molecular complexity index is 614. The summed E-state index contributed by atoms with van der Waals surface area (Å²) in [5.41, 5.74) is -0.945. The molecule has 17 heavy (non-hydrogen) atoms. The molecule has 0 radical (unpaired) electrons. The predicted octanol–water partition coefficient (Wildman–Crippen LogP) is 1.88. The van der Waals surface area contributed by atoms with Crippen molar-refractivity contribution < 1.29 is 13.6 Å². The number of benzene rings is 1. The van der Waals surface area contributed by atoms with E-state index in [4.69, 9.17) is 0 Å². The van der Waals surface area contributed by atoms with E-state index in [1.807, 2.05) is 0 Å². The maximum Gasteiger partial charge on any atom is 0.259 e. The molecular formula is C12H7F2NO2. The molecule has 0 saturated heterocycles. The molecular weight excluding hydrogens is 228 g/mol. The molecule has 0 aliphatic rings. The van der Waals surface area contributed by atoms with E-state index in [0.29, 0.717) is 6.07 Å². The van der Waals surface area contributed by atoms with Gasteiger partial charge < -0.3 is 4.98 Å². The molecule has 0 unspecified atom stereocenters. The molecule has 3 nitrogen and oxygen atoms in total. The normalized spacial score (nSPS) is 10.2. The molecule has 0 saturated carbocycles. The third kappa shape index (κ3) is 2.28. The second-order valence-corrected chi connectivity index (χ2v) is 3.40. The van der Waals surface area contributed by atoms with Crippen LogP contribution >= 0.6 is 0 Å². The first-order valence-corrected chi connectivity index (χ1v) is 4.76. The molecule has 0 spiro atoms. The van der Waals surface area contributed by atoms with E-state index < -0.39 is 23.0 Å². The number of nitrogens with one attached hydrogen (secondary N) is 1. The molecule has 1 aromatic carbocycles. The summed E-state index contributed by atoms with van der Waals surface area (Å²) in [5.74, 6) is -2.44. The van der Waals surface area contributed by atoms with Gasteiger partial charge in [-0.1, -0.05) is 0 Å². The quantitative estimate of drug-likeness (QED) is 0.808. The third-order valence-electron chi connectivity index (χ3n) is 2.19. The number of rotatable bonds is 2. The van der Waals surface area contributed by atoms with Crippen molar-refractivity contribution in [2.75, 3.05) is 0 Å². The second-order valence-electron chi connectivity index (χ2n) is 3.40. The van der Waals surface area contributed by atoms with E-state index in [-0.39, 0.29) is 11.1 Å². The Balaban J connectivity index is 2.51. The lowest BCUT2D eigenvalue weighted by Gasteiger charge is -2.00. The van der Waals surface area contributed by atoms with Crippen LogP contribution in [0.3, 0.4) is 0 Å². The second kappa shape index (κ2) is 4.29. The average molecular weight is 235 g/mol. The van der Waals surface area contributed by atoms with Gasteiger partial charge in [0.1, 0.15) is 11.6 Å². The van der Waals surface area contributed by atoms with Crippen LogP contribution in [0.5, 0.6) is 0 Å². The smallest absolute Gasteiger partial charge is 0.259 e. The van der Waals surface area contributed by atoms with Crippen LogP contribution in [0.2, 0.25) is 0 Å². The van der Waals surface area contributed by atoms with Crippen LogP contribution in [-0.4, -0.2) is 10.8 Å². The van der Waals surface area contributed by atoms with Gasteiger partial charge in [-0.05, 0) is 24.3 Å². The summed E-state index contributed by atoms with van der Waals surface area (Å²) in [6, 6.07) is 5.19. The maximum absolute atomic E-state index is 12.9. The molecule has 5 heteroatoms. The number of pyridine rings is 1. The summed E-state index contributed by atoms with van der Waals surface area (Å²) in [6.45, 7) is 0. The first-order chi connectivity index (χ1) is 8.08. The van der Waals surface area contributed by atoms with Crippen molar-refractivity contribution in [1.82, 2.24) is 4.98 Å². The van der Waals surface area contributed by atoms with Gasteiger partial charge in [0, 0.05) is 17.8 Å². The van der Waals surface area contributed by atoms with Crippen LogP contribution < -0.4 is 5.56 Å². The van der Waals surface area contributed by atoms with E-state index >= 15 is 0 Å². The van der Waals surface area contributed by atoms with Crippen molar-refractivity contribution in [3.8, 4) is 0 Å². The Morgan fingerprint density at radius 3 is 2.35 bits per heavy atom. The third-order valence-corrected chi connectivity index (χ3v) is 2.19. The zero-order valence-electron chi connectivity index (χ0n) is 8.54. The summed E-state index contributed by atoms with van der Waals surface area (Å²) in [6.07, 6.45) is 1.37. The first kappa shape index (κ1) is 11.2. The Morgan fingerprint density at radius 2 is 1.76 bits per heavy atom. The van der Waals surface area contributed by atoms with Gasteiger partial charge >= 0.3 is 0 Å². The highest BCUT2D eigenvalue weighted by atomic mass is 19.1. The number of ketones is 1. The van der Waals surface area contributed by atoms with Crippen molar-refractivity contribution in [2.24, 2.45) is 0 Å². The molecule has 0 aliphatic carbocycles. The average Bonchev–Trinajstić information content (AvgIpc) is 2.27. The summed E-state index contributed by atoms with van der Waals surface area (Å²) < 4.78 is 25.9. The fourth-order valence-electron chi connectivity index (χ4n) is 1.44. The Hall–Kier alpha value is -2.30. The zero-order chi connectivity index (χ0) is 12.4. The standard InChI is InChI=1S/C12H7F2NO2/c13-8-4-7(5-9(14)6-8)11(16)10-2-1-3-15-12(10)17/h1-6H,(H,15,17). The molecule has 0 bridgehead atoms. The number of H-pyrrole nitrogens is 1. The summed E-state index contributed by atoms with van der Waals surface area (Å²) >= 11 is 0. The number of hydrogen-bond donors (Lipinski definition) is 1. The van der Waals surface area contributed by atoms with Crippen LogP contribution in [0.1, 0.15) is 15.9 Å². The fourth-order valence-corrected chi connectivity index (χ4v) is 1.44. The van der Waals surface area contributed by atoms with Crippen molar-refractivity contribution in [3.05, 3.63) is 69.6 Å². The molecule has 1 N–H and O–H groups in total. The molecule has 1 heterocycles. The van der Waals surface area contributed by atoms with Gasteiger partial charge in [-0.25, -0.2) is 8.78 Å². The number of aromatic nitrogens is 1. The lowest BCUT2D eigenvalue weighted by molar-refractivity contribution is 0.103. The minimum Gasteiger partial charge on any atom is -0.328 e. The van der Waals surface area contributed by atoms with Gasteiger partial charge in [-0.3, -0.25) is 9.59 Å². The van der Waals surface area contributed by atoms with Gasteiger partial charge in [0.2, 0.25) is 0 Å². The van der Waals surface area contributed by atoms with Crippen molar-refractivity contribution in [3.63, 3.8) is 0 Å². The zero-order valence-corrected chi connectivity index (χ0v) is 8.54. The van der Waals surface area contributed by atoms with Crippen molar-refractivity contribution in [2.45, 2.75) is 0 Å². The number of carbonyl (C=O) groups is 1. The van der Waals surface area contributed by atoms with E-state index in [1.165, 1.54) is 18.3 Å². The molecule has 2 rings (SSSR count). The van der Waals surface area contributed by atoms with E-state index in [2.05, 4.69) is 4.98 Å². The van der Waals surface area contributed by atoms with Crippen LogP contribution in [0, 0.1) is 11.6 Å². The number of hydrogen-bond acceptors (Lipinski definition) is 2. The van der Waals surface area contributed by atoms with Crippen molar-refractivity contribution in [1.29, 1.82) is 0 Å².